The first-order valence-corrected chi connectivity index (χ1v) is 15.8. The minimum absolute atomic E-state index is 0.407. The second-order valence-electron chi connectivity index (χ2n) is 15.0. The molecule has 7 rings (SSSR count). The Bertz CT molecular complexity index is 1390. The highest BCUT2D eigenvalue weighted by Crippen LogP contribution is 2.42. The van der Waals surface area contributed by atoms with Crippen LogP contribution in [0.4, 0.5) is 0 Å². The van der Waals surface area contributed by atoms with E-state index < -0.39 is 36.6 Å². The Balaban J connectivity index is 1.33. The van der Waals surface area contributed by atoms with Gasteiger partial charge in [-0.1, -0.05) is 60.7 Å². The Hall–Kier alpha value is -2.37. The lowest BCUT2D eigenvalue weighted by molar-refractivity contribution is 0.00578. The van der Waals surface area contributed by atoms with E-state index in [1.165, 1.54) is 33.4 Å². The van der Waals surface area contributed by atoms with Crippen LogP contribution in [0.3, 0.4) is 0 Å². The third kappa shape index (κ3) is 4.53. The Kier molecular flexibility index (Phi) is 6.47. The van der Waals surface area contributed by atoms with Gasteiger partial charge in [-0.2, -0.15) is 0 Å². The summed E-state index contributed by atoms with van der Waals surface area (Å²) in [6.45, 7) is 17.1. The molecule has 2 aliphatic carbocycles. The van der Waals surface area contributed by atoms with Crippen LogP contribution >= 0.6 is 0 Å². The average molecular weight is 562 g/mol. The maximum Gasteiger partial charge on any atom is 0.495 e. The molecule has 0 spiro atoms. The highest BCUT2D eigenvalue weighted by Gasteiger charge is 2.54. The zero-order valence-electron chi connectivity index (χ0n) is 26.5. The predicted octanol–water partition coefficient (Wildman–Crippen LogP) is 6.05. The summed E-state index contributed by atoms with van der Waals surface area (Å²) >= 11 is 0. The van der Waals surface area contributed by atoms with Crippen LogP contribution in [-0.2, 0) is 44.3 Å². The molecule has 0 N–H and O–H groups in total. The first-order chi connectivity index (χ1) is 19.7. The van der Waals surface area contributed by atoms with Gasteiger partial charge in [0.15, 0.2) is 0 Å². The minimum Gasteiger partial charge on any atom is -0.399 e. The van der Waals surface area contributed by atoms with Crippen LogP contribution in [0, 0.1) is 0 Å². The van der Waals surface area contributed by atoms with Crippen molar-refractivity contribution in [3.05, 3.63) is 94.0 Å². The molecule has 0 radical (unpaired) electrons. The van der Waals surface area contributed by atoms with Gasteiger partial charge in [0.25, 0.3) is 0 Å². The first kappa shape index (κ1) is 28.4. The molecule has 0 bridgehead atoms. The van der Waals surface area contributed by atoms with E-state index in [0.29, 0.717) is 11.8 Å². The number of hydrogen-bond acceptors (Lipinski definition) is 4. The lowest BCUT2D eigenvalue weighted by Crippen LogP contribution is -2.44. The average Bonchev–Trinajstić information content (AvgIpc) is 3.25. The second-order valence-corrected chi connectivity index (χ2v) is 15.0. The van der Waals surface area contributed by atoms with Crippen molar-refractivity contribution >= 4 is 25.2 Å². The molecule has 4 aliphatic rings. The van der Waals surface area contributed by atoms with Crippen molar-refractivity contribution < 1.29 is 18.6 Å². The highest BCUT2D eigenvalue weighted by molar-refractivity contribution is 6.65. The molecule has 6 heteroatoms. The summed E-state index contributed by atoms with van der Waals surface area (Å²) in [5.41, 5.74) is 9.08. The molecule has 2 fully saturated rings. The van der Waals surface area contributed by atoms with Gasteiger partial charge in [-0.3, -0.25) is 0 Å². The minimum atomic E-state index is -0.417. The van der Waals surface area contributed by atoms with Gasteiger partial charge >= 0.3 is 14.2 Å². The number of hydrogen-bond donors (Lipinski definition) is 0. The van der Waals surface area contributed by atoms with Gasteiger partial charge in [-0.25, -0.2) is 0 Å². The van der Waals surface area contributed by atoms with Crippen molar-refractivity contribution in [1.82, 2.24) is 0 Å². The Morgan fingerprint density at radius 3 is 1.21 bits per heavy atom. The molecule has 218 valence electrons. The summed E-state index contributed by atoms with van der Waals surface area (Å²) in [6.07, 6.45) is 4.09. The van der Waals surface area contributed by atoms with Gasteiger partial charge in [-0.05, 0) is 137 Å². The fourth-order valence-electron chi connectivity index (χ4n) is 7.08. The van der Waals surface area contributed by atoms with E-state index in [1.807, 2.05) is 0 Å². The van der Waals surface area contributed by atoms with E-state index in [1.54, 1.807) is 0 Å². The van der Waals surface area contributed by atoms with Gasteiger partial charge < -0.3 is 18.6 Å². The van der Waals surface area contributed by atoms with Gasteiger partial charge in [0.05, 0.1) is 22.4 Å². The summed E-state index contributed by atoms with van der Waals surface area (Å²) in [5.74, 6) is 0.968. The van der Waals surface area contributed by atoms with Crippen molar-refractivity contribution in [1.29, 1.82) is 0 Å². The van der Waals surface area contributed by atoms with E-state index in [0.717, 1.165) is 36.6 Å². The summed E-state index contributed by atoms with van der Waals surface area (Å²) in [6, 6.07) is 22.5. The van der Waals surface area contributed by atoms with Crippen LogP contribution in [0.1, 0.15) is 101 Å². The zero-order chi connectivity index (χ0) is 29.7. The fourth-order valence-corrected chi connectivity index (χ4v) is 7.08. The lowest BCUT2D eigenvalue weighted by atomic mass is 9.64. The number of benzene rings is 3. The fraction of sp³-hybridized carbons (Fsp3) is 0.500. The molecule has 42 heavy (non-hydrogen) atoms. The lowest BCUT2D eigenvalue weighted by Gasteiger charge is -2.33. The molecule has 0 aromatic heterocycles. The van der Waals surface area contributed by atoms with Crippen LogP contribution in [0.5, 0.6) is 0 Å². The van der Waals surface area contributed by atoms with Gasteiger partial charge in [-0.15, -0.1) is 0 Å². The van der Waals surface area contributed by atoms with Crippen molar-refractivity contribution in [2.45, 2.75) is 115 Å². The molecule has 2 aliphatic heterocycles. The monoisotopic (exact) mass is 562 g/mol. The third-order valence-electron chi connectivity index (χ3n) is 11.3. The largest absolute Gasteiger partial charge is 0.495 e. The van der Waals surface area contributed by atoms with Gasteiger partial charge in [0.1, 0.15) is 0 Å². The van der Waals surface area contributed by atoms with Crippen molar-refractivity contribution in [2.24, 2.45) is 0 Å². The molecular weight excluding hydrogens is 518 g/mol. The van der Waals surface area contributed by atoms with E-state index in [4.69, 9.17) is 18.6 Å². The van der Waals surface area contributed by atoms with Crippen LogP contribution in [0.25, 0.3) is 0 Å². The molecular formula is C36H44B2O4. The van der Waals surface area contributed by atoms with E-state index >= 15 is 0 Å². The molecule has 0 saturated carbocycles. The number of rotatable bonds is 6. The molecule has 2 heterocycles. The van der Waals surface area contributed by atoms with Crippen LogP contribution in [-0.4, -0.2) is 36.6 Å². The summed E-state index contributed by atoms with van der Waals surface area (Å²) in [7, 11) is -0.833. The summed E-state index contributed by atoms with van der Waals surface area (Å²) < 4.78 is 26.8. The zero-order valence-corrected chi connectivity index (χ0v) is 26.5. The Morgan fingerprint density at radius 2 is 0.881 bits per heavy atom. The first-order valence-electron chi connectivity index (χ1n) is 15.8. The van der Waals surface area contributed by atoms with Crippen LogP contribution in [0.15, 0.2) is 60.7 Å². The highest BCUT2D eigenvalue weighted by atomic mass is 16.7. The van der Waals surface area contributed by atoms with Crippen molar-refractivity contribution in [3.8, 4) is 0 Å². The van der Waals surface area contributed by atoms with Gasteiger partial charge in [0.2, 0.25) is 0 Å². The second kappa shape index (κ2) is 9.56. The molecule has 2 unspecified atom stereocenters. The van der Waals surface area contributed by atoms with Crippen LogP contribution < -0.4 is 10.9 Å². The molecule has 4 nitrogen and oxygen atoms in total. The van der Waals surface area contributed by atoms with E-state index in [-0.39, 0.29) is 0 Å². The molecule has 0 amide bonds. The SMILES string of the molecule is CC1(C)OB(c2cc(CC3Cc4ccccc43)c(B3OC(C)(C)C(C)(C)O3)cc2CC2Cc3ccccc32)OC1(C)C. The smallest absolute Gasteiger partial charge is 0.399 e. The van der Waals surface area contributed by atoms with E-state index in [2.05, 4.69) is 116 Å². The van der Waals surface area contributed by atoms with Crippen molar-refractivity contribution in [3.63, 3.8) is 0 Å². The maximum atomic E-state index is 6.70. The third-order valence-corrected chi connectivity index (χ3v) is 11.3. The summed E-state index contributed by atoms with van der Waals surface area (Å²) in [5, 5.41) is 0. The van der Waals surface area contributed by atoms with Crippen LogP contribution in [0.2, 0.25) is 0 Å². The van der Waals surface area contributed by atoms with E-state index in [9.17, 15) is 0 Å². The Labute approximate surface area is 252 Å². The van der Waals surface area contributed by atoms with Gasteiger partial charge in [0, 0.05) is 0 Å². The summed E-state index contributed by atoms with van der Waals surface area (Å²) in [4.78, 5) is 0. The topological polar surface area (TPSA) is 36.9 Å². The molecule has 3 aromatic carbocycles. The normalized spacial score (nSPS) is 25.9. The molecule has 2 atom stereocenters. The quantitative estimate of drug-likeness (QED) is 0.343. The number of fused-ring (bicyclic) bond motifs is 2. The van der Waals surface area contributed by atoms with Crippen molar-refractivity contribution in [2.75, 3.05) is 0 Å². The molecule has 3 aromatic rings. The maximum absolute atomic E-state index is 6.70. The molecule has 2 saturated heterocycles. The Morgan fingerprint density at radius 1 is 0.548 bits per heavy atom. The standard InChI is InChI=1S/C36H44B2O4/c1-33(2)34(3,4)40-37(39-33)31-21-28(20-26-18-24-14-10-12-16-30(24)26)32(38-41-35(5,6)36(7,8)42-38)22-27(31)19-25-17-23-13-9-11-15-29(23)25/h9-16,21-22,25-26H,17-20H2,1-8H3. The predicted molar refractivity (Wildman–Crippen MR) is 171 cm³/mol.